The molecule has 1 saturated heterocycles. The van der Waals surface area contributed by atoms with Gasteiger partial charge in [-0.2, -0.15) is 21.6 Å². The summed E-state index contributed by atoms with van der Waals surface area (Å²) in [6.07, 6.45) is 0.711. The van der Waals surface area contributed by atoms with Crippen molar-refractivity contribution >= 4 is 31.5 Å². The summed E-state index contributed by atoms with van der Waals surface area (Å²) < 4.78 is 66.1. The van der Waals surface area contributed by atoms with Crippen molar-refractivity contribution in [2.45, 2.75) is 38.8 Å². The van der Waals surface area contributed by atoms with Gasteiger partial charge >= 0.3 is 6.18 Å². The third kappa shape index (κ3) is 7.53. The van der Waals surface area contributed by atoms with Crippen LogP contribution in [0.25, 0.3) is 21.2 Å². The minimum Gasteiger partial charge on any atom is -0.317 e. The van der Waals surface area contributed by atoms with Crippen molar-refractivity contribution in [3.63, 3.8) is 0 Å². The molecule has 0 spiro atoms. The summed E-state index contributed by atoms with van der Waals surface area (Å²) >= 11 is 1.59. The Kier molecular flexibility index (Phi) is 8.55. The first kappa shape index (κ1) is 25.7. The Morgan fingerprint density at radius 1 is 1.06 bits per heavy atom. The molecular formula is C24H28F3NO3S2. The van der Waals surface area contributed by atoms with Crippen LogP contribution in [-0.4, -0.2) is 34.4 Å². The van der Waals surface area contributed by atoms with Crippen molar-refractivity contribution in [3.8, 4) is 11.1 Å². The Morgan fingerprint density at radius 3 is 2.27 bits per heavy atom. The molecule has 33 heavy (non-hydrogen) atoms. The standard InChI is InChI=1S/C20H19F3O3S2.C4H9N/c1-13-19(15-6-8-16(9-7-15)20(21,22)23)17-10-5-14(12-18(17)27-13)4-3-11-26-28(2,24)25;1-2-4-5-3-1/h5-10,12H,3-4,11H2,1-2H3;5H,1-4H2. The number of fused-ring (bicyclic) bond motifs is 1. The van der Waals surface area contributed by atoms with Gasteiger partial charge in [0.15, 0.2) is 0 Å². The lowest BCUT2D eigenvalue weighted by atomic mass is 9.99. The Hall–Kier alpha value is -1.94. The first-order valence-corrected chi connectivity index (χ1v) is 13.4. The van der Waals surface area contributed by atoms with E-state index in [2.05, 4.69) is 5.32 Å². The first-order chi connectivity index (χ1) is 15.5. The molecule has 3 aromatic rings. The SMILES string of the molecule is C1CCNC1.Cc1sc2cc(CCCOS(C)(=O)=O)ccc2c1-c1ccc(C(F)(F)F)cc1. The number of hydrogen-bond acceptors (Lipinski definition) is 5. The van der Waals surface area contributed by atoms with Gasteiger partial charge in [0.1, 0.15) is 0 Å². The lowest BCUT2D eigenvalue weighted by molar-refractivity contribution is -0.137. The van der Waals surface area contributed by atoms with Crippen LogP contribution in [0.1, 0.15) is 35.3 Å². The van der Waals surface area contributed by atoms with Crippen LogP contribution < -0.4 is 5.32 Å². The molecule has 180 valence electrons. The molecule has 4 nitrogen and oxygen atoms in total. The lowest BCUT2D eigenvalue weighted by Gasteiger charge is -2.08. The van der Waals surface area contributed by atoms with Crippen molar-refractivity contribution in [1.82, 2.24) is 5.32 Å². The average Bonchev–Trinajstić information content (AvgIpc) is 3.41. The summed E-state index contributed by atoms with van der Waals surface area (Å²) in [5.41, 5.74) is 2.10. The zero-order valence-corrected chi connectivity index (χ0v) is 20.3. The van der Waals surface area contributed by atoms with Gasteiger partial charge in [-0.1, -0.05) is 24.3 Å². The number of nitrogens with one attached hydrogen (secondary N) is 1. The molecule has 1 aliphatic heterocycles. The molecule has 1 aromatic heterocycles. The zero-order valence-electron chi connectivity index (χ0n) is 18.7. The minimum absolute atomic E-state index is 0.136. The summed E-state index contributed by atoms with van der Waals surface area (Å²) in [4.78, 5) is 1.03. The van der Waals surface area contributed by atoms with Crippen molar-refractivity contribution in [2.75, 3.05) is 26.0 Å². The average molecular weight is 500 g/mol. The van der Waals surface area contributed by atoms with E-state index >= 15 is 0 Å². The van der Waals surface area contributed by atoms with Gasteiger partial charge in [0.2, 0.25) is 0 Å². The molecule has 1 N–H and O–H groups in total. The van der Waals surface area contributed by atoms with Crippen LogP contribution in [0.3, 0.4) is 0 Å². The molecule has 2 aromatic carbocycles. The number of benzene rings is 2. The van der Waals surface area contributed by atoms with Crippen LogP contribution in [0.4, 0.5) is 13.2 Å². The second-order valence-corrected chi connectivity index (χ2v) is 10.9. The van der Waals surface area contributed by atoms with E-state index in [0.717, 1.165) is 50.0 Å². The van der Waals surface area contributed by atoms with Crippen LogP contribution in [0.5, 0.6) is 0 Å². The quantitative estimate of drug-likeness (QED) is 0.325. The highest BCUT2D eigenvalue weighted by Crippen LogP contribution is 2.40. The molecule has 9 heteroatoms. The summed E-state index contributed by atoms with van der Waals surface area (Å²) in [5, 5.41) is 4.22. The van der Waals surface area contributed by atoms with Gasteiger partial charge in [-0.25, -0.2) is 0 Å². The van der Waals surface area contributed by atoms with Gasteiger partial charge in [-0.3, -0.25) is 4.18 Å². The fraction of sp³-hybridized carbons (Fsp3) is 0.417. The van der Waals surface area contributed by atoms with Gasteiger partial charge in [-0.15, -0.1) is 11.3 Å². The molecule has 0 amide bonds. The summed E-state index contributed by atoms with van der Waals surface area (Å²) in [7, 11) is -3.43. The molecular weight excluding hydrogens is 471 g/mol. The molecule has 1 fully saturated rings. The van der Waals surface area contributed by atoms with Gasteiger partial charge in [0.05, 0.1) is 18.4 Å². The molecule has 2 heterocycles. The van der Waals surface area contributed by atoms with E-state index in [1.165, 1.54) is 38.1 Å². The first-order valence-electron chi connectivity index (χ1n) is 10.8. The number of hydrogen-bond donors (Lipinski definition) is 1. The molecule has 0 bridgehead atoms. The smallest absolute Gasteiger partial charge is 0.317 e. The summed E-state index contributed by atoms with van der Waals surface area (Å²) in [6.45, 7) is 4.59. The number of thiophene rings is 1. The Balaban J connectivity index is 0.000000541. The number of halogens is 3. The molecule has 0 radical (unpaired) electrons. The maximum Gasteiger partial charge on any atom is 0.416 e. The Labute approximate surface area is 196 Å². The second-order valence-electron chi connectivity index (χ2n) is 8.03. The topological polar surface area (TPSA) is 55.4 Å². The van der Waals surface area contributed by atoms with Crippen LogP contribution in [0.15, 0.2) is 42.5 Å². The third-order valence-corrected chi connectivity index (χ3v) is 6.96. The van der Waals surface area contributed by atoms with Crippen molar-refractivity contribution in [2.24, 2.45) is 0 Å². The summed E-state index contributed by atoms with van der Waals surface area (Å²) in [6, 6.07) is 11.2. The van der Waals surface area contributed by atoms with Crippen LogP contribution in [-0.2, 0) is 26.9 Å². The Bertz CT molecular complexity index is 1160. The van der Waals surface area contributed by atoms with E-state index < -0.39 is 21.9 Å². The normalized spacial score (nSPS) is 14.3. The van der Waals surface area contributed by atoms with Gasteiger partial charge < -0.3 is 5.32 Å². The van der Waals surface area contributed by atoms with Crippen molar-refractivity contribution < 1.29 is 25.8 Å². The molecule has 4 rings (SSSR count). The maximum absolute atomic E-state index is 12.8. The van der Waals surface area contributed by atoms with Crippen LogP contribution >= 0.6 is 11.3 Å². The largest absolute Gasteiger partial charge is 0.416 e. The minimum atomic E-state index is -4.35. The monoisotopic (exact) mass is 499 g/mol. The van der Waals surface area contributed by atoms with Crippen molar-refractivity contribution in [1.29, 1.82) is 0 Å². The highest BCUT2D eigenvalue weighted by Gasteiger charge is 2.30. The molecule has 0 atom stereocenters. The van der Waals surface area contributed by atoms with E-state index in [9.17, 15) is 21.6 Å². The predicted molar refractivity (Wildman–Crippen MR) is 128 cm³/mol. The van der Waals surface area contributed by atoms with E-state index in [-0.39, 0.29) is 6.61 Å². The highest BCUT2D eigenvalue weighted by atomic mass is 32.2. The Morgan fingerprint density at radius 2 is 1.73 bits per heavy atom. The number of rotatable bonds is 6. The predicted octanol–water partition coefficient (Wildman–Crippen LogP) is 6.17. The molecule has 1 aliphatic rings. The van der Waals surface area contributed by atoms with E-state index in [4.69, 9.17) is 4.18 Å². The van der Waals surface area contributed by atoms with Gasteiger partial charge in [0.25, 0.3) is 10.1 Å². The second kappa shape index (κ2) is 11.0. The van der Waals surface area contributed by atoms with E-state index in [1.807, 2.05) is 25.1 Å². The van der Waals surface area contributed by atoms with Crippen LogP contribution in [0, 0.1) is 6.92 Å². The van der Waals surface area contributed by atoms with Crippen molar-refractivity contribution in [3.05, 3.63) is 58.5 Å². The molecule has 0 unspecified atom stereocenters. The van der Waals surface area contributed by atoms with Crippen LogP contribution in [0.2, 0.25) is 0 Å². The maximum atomic E-state index is 12.8. The lowest BCUT2D eigenvalue weighted by Crippen LogP contribution is -2.04. The van der Waals surface area contributed by atoms with E-state index in [0.29, 0.717) is 12.8 Å². The highest BCUT2D eigenvalue weighted by molar-refractivity contribution is 7.85. The number of alkyl halides is 3. The fourth-order valence-electron chi connectivity index (χ4n) is 3.72. The number of aryl methyl sites for hydroxylation is 2. The third-order valence-electron chi connectivity index (χ3n) is 5.30. The van der Waals surface area contributed by atoms with Gasteiger partial charge in [-0.05, 0) is 75.0 Å². The van der Waals surface area contributed by atoms with Gasteiger partial charge in [0, 0.05) is 20.5 Å². The van der Waals surface area contributed by atoms with E-state index in [1.54, 1.807) is 11.3 Å². The molecule has 0 aliphatic carbocycles. The fourth-order valence-corrected chi connectivity index (χ4v) is 5.29. The molecule has 0 saturated carbocycles. The summed E-state index contributed by atoms with van der Waals surface area (Å²) in [5.74, 6) is 0. The zero-order chi connectivity index (χ0) is 24.1.